The Morgan fingerprint density at radius 3 is 2.72 bits per heavy atom. The highest BCUT2D eigenvalue weighted by atomic mass is 14.7. The summed E-state index contributed by atoms with van der Waals surface area (Å²) in [5.41, 5.74) is 6.53. The molecular weight excluding hydrogens is 220 g/mol. The highest BCUT2D eigenvalue weighted by Gasteiger charge is 2.16. The molecule has 18 heavy (non-hydrogen) atoms. The fourth-order valence-corrected chi connectivity index (χ4v) is 2.56. The quantitative estimate of drug-likeness (QED) is 0.755. The second-order valence-corrected chi connectivity index (χ2v) is 4.76. The van der Waals surface area contributed by atoms with Crippen LogP contribution >= 0.6 is 0 Å². The van der Waals surface area contributed by atoms with Crippen molar-refractivity contribution in [3.8, 4) is 0 Å². The van der Waals surface area contributed by atoms with Gasteiger partial charge in [-0.1, -0.05) is 0 Å². The Balaban J connectivity index is 2.07. The molecular formula is C16H16N2. The van der Waals surface area contributed by atoms with Gasteiger partial charge in [-0.2, -0.15) is 0 Å². The maximum absolute atomic E-state index is 4.57. The third kappa shape index (κ3) is 2.06. The van der Waals surface area contributed by atoms with Crippen molar-refractivity contribution in [1.29, 1.82) is 0 Å². The van der Waals surface area contributed by atoms with E-state index in [1.807, 2.05) is 30.7 Å². The molecule has 0 atom stereocenters. The van der Waals surface area contributed by atoms with E-state index in [-0.39, 0.29) is 0 Å². The Hall–Kier alpha value is -1.96. The predicted octanol–water partition coefficient (Wildman–Crippen LogP) is 3.66. The average molecular weight is 236 g/mol. The molecule has 0 spiro atoms. The predicted molar refractivity (Wildman–Crippen MR) is 74.0 cm³/mol. The molecule has 3 rings (SSSR count). The summed E-state index contributed by atoms with van der Waals surface area (Å²) in [6, 6.07) is 6.18. The van der Waals surface area contributed by atoms with Gasteiger partial charge >= 0.3 is 0 Å². The molecule has 0 saturated carbocycles. The Labute approximate surface area is 107 Å². The molecule has 0 saturated heterocycles. The topological polar surface area (TPSA) is 25.8 Å². The van der Waals surface area contributed by atoms with Crippen LogP contribution in [-0.2, 0) is 6.42 Å². The van der Waals surface area contributed by atoms with Crippen LogP contribution in [0.3, 0.4) is 0 Å². The minimum absolute atomic E-state index is 1.12. The molecule has 0 aliphatic heterocycles. The fraction of sp³-hybridized carbons (Fsp3) is 0.250. The molecule has 2 heteroatoms. The number of aryl methyl sites for hydroxylation is 1. The van der Waals surface area contributed by atoms with E-state index in [2.05, 4.69) is 29.0 Å². The van der Waals surface area contributed by atoms with Gasteiger partial charge in [-0.3, -0.25) is 9.97 Å². The Kier molecular flexibility index (Phi) is 2.93. The first-order chi connectivity index (χ1) is 8.84. The van der Waals surface area contributed by atoms with Crippen LogP contribution < -0.4 is 0 Å². The normalized spacial score (nSPS) is 16.6. The third-order valence-electron chi connectivity index (χ3n) is 3.51. The van der Waals surface area contributed by atoms with Gasteiger partial charge in [0.2, 0.25) is 0 Å². The van der Waals surface area contributed by atoms with E-state index in [1.54, 1.807) is 0 Å². The van der Waals surface area contributed by atoms with Gasteiger partial charge in [0.1, 0.15) is 0 Å². The molecule has 0 fully saturated rings. The Morgan fingerprint density at radius 1 is 1.06 bits per heavy atom. The van der Waals surface area contributed by atoms with Gasteiger partial charge in [-0.05, 0) is 72.7 Å². The van der Waals surface area contributed by atoms with Crippen LogP contribution in [-0.4, -0.2) is 9.97 Å². The zero-order chi connectivity index (χ0) is 12.4. The largest absolute Gasteiger partial charge is 0.265 e. The summed E-state index contributed by atoms with van der Waals surface area (Å²) in [5, 5.41) is 0. The molecule has 1 aliphatic rings. The highest BCUT2D eigenvalue weighted by molar-refractivity contribution is 5.82. The fourth-order valence-electron chi connectivity index (χ4n) is 2.56. The van der Waals surface area contributed by atoms with Gasteiger partial charge < -0.3 is 0 Å². The lowest BCUT2D eigenvalue weighted by molar-refractivity contribution is 0.804. The second-order valence-electron chi connectivity index (χ2n) is 4.76. The second kappa shape index (κ2) is 4.73. The summed E-state index contributed by atoms with van der Waals surface area (Å²) < 4.78 is 0. The van der Waals surface area contributed by atoms with Crippen LogP contribution in [0.5, 0.6) is 0 Å². The zero-order valence-corrected chi connectivity index (χ0v) is 10.6. The maximum atomic E-state index is 4.57. The van der Waals surface area contributed by atoms with E-state index < -0.39 is 0 Å². The van der Waals surface area contributed by atoms with Crippen LogP contribution in [0.25, 0.3) is 11.6 Å². The lowest BCUT2D eigenvalue weighted by Gasteiger charge is -2.19. The molecule has 2 heterocycles. The van der Waals surface area contributed by atoms with Crippen LogP contribution in [0.4, 0.5) is 0 Å². The molecule has 2 aromatic rings. The molecule has 2 nitrogen and oxygen atoms in total. The van der Waals surface area contributed by atoms with Crippen molar-refractivity contribution in [2.24, 2.45) is 0 Å². The number of hydrogen-bond donors (Lipinski definition) is 0. The van der Waals surface area contributed by atoms with Crippen molar-refractivity contribution < 1.29 is 0 Å². The standard InChI is InChI=1S/C16H16N2/c1-12-5-10-18-16-14(3-2-4-15(12)16)11-13-6-8-17-9-7-13/h5-11H,2-4H2,1H3/b14-11-. The number of hydrogen-bond acceptors (Lipinski definition) is 2. The Bertz CT molecular complexity index is 585. The number of fused-ring (bicyclic) bond motifs is 1. The minimum Gasteiger partial charge on any atom is -0.265 e. The summed E-state index contributed by atoms with van der Waals surface area (Å²) in [6.45, 7) is 2.18. The molecule has 2 aromatic heterocycles. The molecule has 0 aromatic carbocycles. The van der Waals surface area contributed by atoms with Crippen LogP contribution in [0.1, 0.15) is 35.2 Å². The van der Waals surface area contributed by atoms with Gasteiger partial charge in [0.15, 0.2) is 0 Å². The van der Waals surface area contributed by atoms with Crippen LogP contribution in [0.2, 0.25) is 0 Å². The third-order valence-corrected chi connectivity index (χ3v) is 3.51. The highest BCUT2D eigenvalue weighted by Crippen LogP contribution is 2.32. The van der Waals surface area contributed by atoms with E-state index >= 15 is 0 Å². The molecule has 90 valence electrons. The summed E-state index contributed by atoms with van der Waals surface area (Å²) in [7, 11) is 0. The van der Waals surface area contributed by atoms with E-state index in [1.165, 1.54) is 34.4 Å². The molecule has 0 amide bonds. The summed E-state index contributed by atoms with van der Waals surface area (Å²) in [5.74, 6) is 0. The van der Waals surface area contributed by atoms with Crippen molar-refractivity contribution >= 4 is 11.6 Å². The average Bonchev–Trinajstić information content (AvgIpc) is 2.41. The van der Waals surface area contributed by atoms with Gasteiger partial charge in [0.05, 0.1) is 5.69 Å². The number of rotatable bonds is 1. The van der Waals surface area contributed by atoms with Crippen LogP contribution in [0, 0.1) is 6.92 Å². The lowest BCUT2D eigenvalue weighted by atomic mass is 9.88. The first-order valence-corrected chi connectivity index (χ1v) is 6.40. The number of nitrogens with zero attached hydrogens (tertiary/aromatic N) is 2. The number of allylic oxidation sites excluding steroid dienone is 1. The molecule has 0 bridgehead atoms. The van der Waals surface area contributed by atoms with Crippen molar-refractivity contribution in [3.63, 3.8) is 0 Å². The molecule has 0 radical (unpaired) electrons. The molecule has 0 unspecified atom stereocenters. The Morgan fingerprint density at radius 2 is 1.89 bits per heavy atom. The van der Waals surface area contributed by atoms with Crippen molar-refractivity contribution in [1.82, 2.24) is 9.97 Å². The van der Waals surface area contributed by atoms with Crippen molar-refractivity contribution in [3.05, 3.63) is 59.2 Å². The zero-order valence-electron chi connectivity index (χ0n) is 10.6. The van der Waals surface area contributed by atoms with Crippen LogP contribution in [0.15, 0.2) is 36.8 Å². The van der Waals surface area contributed by atoms with Crippen molar-refractivity contribution in [2.75, 3.05) is 0 Å². The smallest absolute Gasteiger partial charge is 0.0696 e. The first kappa shape index (κ1) is 11.1. The SMILES string of the molecule is Cc1ccnc2c1CCC/C2=C/c1ccncc1. The summed E-state index contributed by atoms with van der Waals surface area (Å²) in [4.78, 5) is 8.63. The van der Waals surface area contributed by atoms with Gasteiger partial charge in [-0.25, -0.2) is 0 Å². The molecule has 1 aliphatic carbocycles. The van der Waals surface area contributed by atoms with E-state index in [4.69, 9.17) is 0 Å². The van der Waals surface area contributed by atoms with Gasteiger partial charge in [0, 0.05) is 18.6 Å². The monoisotopic (exact) mass is 236 g/mol. The van der Waals surface area contributed by atoms with E-state index in [0.29, 0.717) is 0 Å². The van der Waals surface area contributed by atoms with Crippen molar-refractivity contribution in [2.45, 2.75) is 26.2 Å². The van der Waals surface area contributed by atoms with E-state index in [0.717, 1.165) is 12.8 Å². The van der Waals surface area contributed by atoms with E-state index in [9.17, 15) is 0 Å². The van der Waals surface area contributed by atoms with Gasteiger partial charge in [-0.15, -0.1) is 0 Å². The number of aromatic nitrogens is 2. The minimum atomic E-state index is 1.12. The lowest BCUT2D eigenvalue weighted by Crippen LogP contribution is -2.06. The maximum Gasteiger partial charge on any atom is 0.0696 e. The summed E-state index contributed by atoms with van der Waals surface area (Å²) in [6.07, 6.45) is 11.3. The van der Waals surface area contributed by atoms with Gasteiger partial charge in [0.25, 0.3) is 0 Å². The molecule has 0 N–H and O–H groups in total. The first-order valence-electron chi connectivity index (χ1n) is 6.40. The number of pyridine rings is 2. The summed E-state index contributed by atoms with van der Waals surface area (Å²) >= 11 is 0.